The molecule has 1 aromatic carbocycles. The third kappa shape index (κ3) is 11.4. The number of nitrogens with one attached hydrogen (secondary N) is 2. The van der Waals surface area contributed by atoms with E-state index in [2.05, 4.69) is 22.5 Å². The minimum Gasteiger partial charge on any atom is -0.381 e. The summed E-state index contributed by atoms with van der Waals surface area (Å²) < 4.78 is 11.2. The molecule has 0 atom stereocenters. The second-order valence-corrected chi connectivity index (χ2v) is 7.63. The van der Waals surface area contributed by atoms with Crippen molar-refractivity contribution in [1.82, 2.24) is 10.6 Å². The fraction of sp³-hybridized carbons (Fsp3) is 0.632. The highest BCUT2D eigenvalue weighted by molar-refractivity contribution is 14.0. The van der Waals surface area contributed by atoms with Crippen LogP contribution in [0, 0.1) is 0 Å². The highest BCUT2D eigenvalue weighted by Crippen LogP contribution is 2.19. The van der Waals surface area contributed by atoms with Gasteiger partial charge in [0, 0.05) is 55.1 Å². The van der Waals surface area contributed by atoms with Gasteiger partial charge in [-0.15, -0.1) is 35.7 Å². The standard InChI is InChI=1S/C19H30ClN3O2S.HI/c1-2-21-19(22-10-3-12-25-17-8-13-24-14-9-17)23-11-15-26-18-6-4-16(20)5-7-18;/h4-7,17H,2-3,8-15H2,1H3,(H2,21,22,23);1H. The summed E-state index contributed by atoms with van der Waals surface area (Å²) in [6, 6.07) is 7.94. The monoisotopic (exact) mass is 527 g/mol. The molecule has 1 heterocycles. The smallest absolute Gasteiger partial charge is 0.191 e. The highest BCUT2D eigenvalue weighted by atomic mass is 127. The molecule has 0 unspecified atom stereocenters. The van der Waals surface area contributed by atoms with Crippen molar-refractivity contribution < 1.29 is 9.47 Å². The lowest BCUT2D eigenvalue weighted by molar-refractivity contribution is -0.0318. The lowest BCUT2D eigenvalue weighted by Gasteiger charge is -2.22. The Balaban J connectivity index is 0.00000364. The van der Waals surface area contributed by atoms with Crippen LogP contribution in [-0.4, -0.2) is 57.3 Å². The number of benzene rings is 1. The summed E-state index contributed by atoms with van der Waals surface area (Å²) in [5, 5.41) is 7.43. The Hall–Kier alpha value is -0.220. The quantitative estimate of drug-likeness (QED) is 0.157. The molecule has 1 aliphatic rings. The molecule has 1 aromatic rings. The minimum absolute atomic E-state index is 0. The van der Waals surface area contributed by atoms with Crippen LogP contribution in [0.4, 0.5) is 0 Å². The van der Waals surface area contributed by atoms with Crippen molar-refractivity contribution in [2.24, 2.45) is 4.99 Å². The SMILES string of the molecule is CCNC(=NCCCOC1CCOCC1)NCCSc1ccc(Cl)cc1.I. The van der Waals surface area contributed by atoms with Gasteiger partial charge in [0.15, 0.2) is 5.96 Å². The van der Waals surface area contributed by atoms with Gasteiger partial charge in [0.1, 0.15) is 0 Å². The van der Waals surface area contributed by atoms with E-state index in [0.29, 0.717) is 6.10 Å². The summed E-state index contributed by atoms with van der Waals surface area (Å²) in [7, 11) is 0. The molecule has 0 saturated carbocycles. The highest BCUT2D eigenvalue weighted by Gasteiger charge is 2.13. The summed E-state index contributed by atoms with van der Waals surface area (Å²) in [4.78, 5) is 5.84. The van der Waals surface area contributed by atoms with Crippen LogP contribution in [0.1, 0.15) is 26.2 Å². The number of halogens is 2. The van der Waals surface area contributed by atoms with Gasteiger partial charge in [-0.25, -0.2) is 0 Å². The number of hydrogen-bond donors (Lipinski definition) is 2. The van der Waals surface area contributed by atoms with Crippen molar-refractivity contribution in [3.8, 4) is 0 Å². The van der Waals surface area contributed by atoms with E-state index >= 15 is 0 Å². The van der Waals surface area contributed by atoms with E-state index in [1.165, 1.54) is 4.90 Å². The first-order chi connectivity index (χ1) is 12.8. The van der Waals surface area contributed by atoms with Crippen LogP contribution in [0.3, 0.4) is 0 Å². The number of hydrogen-bond acceptors (Lipinski definition) is 4. The molecule has 0 spiro atoms. The van der Waals surface area contributed by atoms with E-state index in [1.54, 1.807) is 11.8 Å². The third-order valence-corrected chi connectivity index (χ3v) is 5.18. The lowest BCUT2D eigenvalue weighted by Crippen LogP contribution is -2.38. The van der Waals surface area contributed by atoms with Crippen LogP contribution in [0.15, 0.2) is 34.2 Å². The van der Waals surface area contributed by atoms with E-state index in [-0.39, 0.29) is 24.0 Å². The number of thioether (sulfide) groups is 1. The Morgan fingerprint density at radius 3 is 2.70 bits per heavy atom. The molecule has 2 rings (SSSR count). The van der Waals surface area contributed by atoms with Crippen molar-refractivity contribution in [2.45, 2.75) is 37.2 Å². The van der Waals surface area contributed by atoms with E-state index in [1.807, 2.05) is 24.3 Å². The molecule has 8 heteroatoms. The average Bonchev–Trinajstić information content (AvgIpc) is 2.67. The van der Waals surface area contributed by atoms with Crippen LogP contribution in [-0.2, 0) is 9.47 Å². The molecule has 2 N–H and O–H groups in total. The number of aliphatic imine (C=N–C) groups is 1. The maximum atomic E-state index is 5.90. The van der Waals surface area contributed by atoms with Crippen molar-refractivity contribution >= 4 is 53.3 Å². The number of rotatable bonds is 10. The van der Waals surface area contributed by atoms with Gasteiger partial charge in [0.05, 0.1) is 6.10 Å². The molecule has 0 amide bonds. The van der Waals surface area contributed by atoms with Crippen molar-refractivity contribution in [2.75, 3.05) is 45.2 Å². The lowest BCUT2D eigenvalue weighted by atomic mass is 10.1. The maximum absolute atomic E-state index is 5.90. The zero-order valence-electron chi connectivity index (χ0n) is 15.9. The first-order valence-corrected chi connectivity index (χ1v) is 10.7. The molecule has 0 bridgehead atoms. The first kappa shape index (κ1) is 24.8. The van der Waals surface area contributed by atoms with Crippen LogP contribution in [0.25, 0.3) is 0 Å². The van der Waals surface area contributed by atoms with Gasteiger partial charge < -0.3 is 20.1 Å². The topological polar surface area (TPSA) is 54.9 Å². The number of guanidine groups is 1. The first-order valence-electron chi connectivity index (χ1n) is 9.38. The molecule has 154 valence electrons. The number of nitrogens with zero attached hydrogens (tertiary/aromatic N) is 1. The summed E-state index contributed by atoms with van der Waals surface area (Å²) in [5.41, 5.74) is 0. The second-order valence-electron chi connectivity index (χ2n) is 6.03. The van der Waals surface area contributed by atoms with Gasteiger partial charge in [-0.3, -0.25) is 4.99 Å². The zero-order chi connectivity index (χ0) is 18.5. The van der Waals surface area contributed by atoms with Crippen LogP contribution in [0.2, 0.25) is 5.02 Å². The molecule has 1 aliphatic heterocycles. The molecule has 0 aromatic heterocycles. The van der Waals surface area contributed by atoms with Crippen molar-refractivity contribution in [1.29, 1.82) is 0 Å². The fourth-order valence-electron chi connectivity index (χ4n) is 2.56. The normalized spacial score (nSPS) is 15.3. The summed E-state index contributed by atoms with van der Waals surface area (Å²) in [6.45, 7) is 6.97. The van der Waals surface area contributed by atoms with E-state index < -0.39 is 0 Å². The molecular formula is C19H31ClIN3O2S. The minimum atomic E-state index is 0. The summed E-state index contributed by atoms with van der Waals surface area (Å²) >= 11 is 7.71. The Morgan fingerprint density at radius 2 is 2.00 bits per heavy atom. The van der Waals surface area contributed by atoms with E-state index in [9.17, 15) is 0 Å². The average molecular weight is 528 g/mol. The van der Waals surface area contributed by atoms with Gasteiger partial charge in [0.2, 0.25) is 0 Å². The predicted octanol–water partition coefficient (Wildman–Crippen LogP) is 4.19. The molecule has 0 aliphatic carbocycles. The molecule has 5 nitrogen and oxygen atoms in total. The maximum Gasteiger partial charge on any atom is 0.191 e. The predicted molar refractivity (Wildman–Crippen MR) is 126 cm³/mol. The van der Waals surface area contributed by atoms with Gasteiger partial charge in [-0.2, -0.15) is 0 Å². The Labute approximate surface area is 189 Å². The molecule has 1 saturated heterocycles. The number of ether oxygens (including phenoxy) is 2. The molecule has 27 heavy (non-hydrogen) atoms. The zero-order valence-corrected chi connectivity index (χ0v) is 19.8. The van der Waals surface area contributed by atoms with Gasteiger partial charge in [0.25, 0.3) is 0 Å². The van der Waals surface area contributed by atoms with Crippen LogP contribution >= 0.6 is 47.3 Å². The second kappa shape index (κ2) is 15.7. The molecule has 1 fully saturated rings. The summed E-state index contributed by atoms with van der Waals surface area (Å²) in [5.74, 6) is 1.84. The fourth-order valence-corrected chi connectivity index (χ4v) is 3.45. The summed E-state index contributed by atoms with van der Waals surface area (Å²) in [6.07, 6.45) is 3.33. The molecular weight excluding hydrogens is 497 g/mol. The Bertz CT molecular complexity index is 528. The van der Waals surface area contributed by atoms with Gasteiger partial charge >= 0.3 is 0 Å². The Morgan fingerprint density at radius 1 is 1.26 bits per heavy atom. The van der Waals surface area contributed by atoms with Gasteiger partial charge in [-0.1, -0.05) is 11.6 Å². The Kier molecular flexibility index (Phi) is 14.4. The molecule has 0 radical (unpaired) electrons. The van der Waals surface area contributed by atoms with E-state index in [0.717, 1.165) is 75.5 Å². The van der Waals surface area contributed by atoms with Crippen LogP contribution < -0.4 is 10.6 Å². The van der Waals surface area contributed by atoms with Crippen molar-refractivity contribution in [3.63, 3.8) is 0 Å². The largest absolute Gasteiger partial charge is 0.381 e. The third-order valence-electron chi connectivity index (χ3n) is 3.92. The van der Waals surface area contributed by atoms with Crippen LogP contribution in [0.5, 0.6) is 0 Å². The van der Waals surface area contributed by atoms with Gasteiger partial charge in [-0.05, 0) is 50.5 Å². The van der Waals surface area contributed by atoms with E-state index in [4.69, 9.17) is 21.1 Å². The van der Waals surface area contributed by atoms with Crippen molar-refractivity contribution in [3.05, 3.63) is 29.3 Å².